The van der Waals surface area contributed by atoms with E-state index in [0.717, 1.165) is 25.8 Å². The smallest absolute Gasteiger partial charge is 0.253 e. The van der Waals surface area contributed by atoms with Gasteiger partial charge in [-0.15, -0.1) is 0 Å². The predicted molar refractivity (Wildman–Crippen MR) is 70.6 cm³/mol. The van der Waals surface area contributed by atoms with E-state index >= 15 is 0 Å². The van der Waals surface area contributed by atoms with Crippen LogP contribution in [0.15, 0.2) is 22.7 Å². The molecule has 94 valence electrons. The van der Waals surface area contributed by atoms with Crippen LogP contribution in [0.2, 0.25) is 0 Å². The molecule has 0 spiro atoms. The average Bonchev–Trinajstić information content (AvgIpc) is 2.32. The van der Waals surface area contributed by atoms with Crippen molar-refractivity contribution in [1.29, 1.82) is 0 Å². The number of hydrogen-bond acceptors (Lipinski definition) is 1. The molecular formula is C13H17BrFNO. The van der Waals surface area contributed by atoms with Gasteiger partial charge in [0.2, 0.25) is 0 Å². The molecule has 0 aliphatic rings. The fraction of sp³-hybridized carbons (Fsp3) is 0.462. The Morgan fingerprint density at radius 3 is 2.71 bits per heavy atom. The molecule has 0 aliphatic heterocycles. The number of unbranched alkanes of at least 4 members (excludes halogenated alkanes) is 2. The van der Waals surface area contributed by atoms with Crippen LogP contribution >= 0.6 is 15.9 Å². The second-order valence-corrected chi connectivity index (χ2v) is 4.92. The third-order valence-corrected chi connectivity index (χ3v) is 3.22. The molecule has 0 heterocycles. The molecule has 1 aromatic rings. The van der Waals surface area contributed by atoms with Crippen LogP contribution in [0.25, 0.3) is 0 Å². The van der Waals surface area contributed by atoms with Gasteiger partial charge in [-0.05, 0) is 40.5 Å². The van der Waals surface area contributed by atoms with E-state index in [1.807, 2.05) is 0 Å². The molecule has 1 rings (SSSR count). The highest BCUT2D eigenvalue weighted by atomic mass is 79.9. The molecule has 0 bridgehead atoms. The standard InChI is InChI=1S/C13H17BrFNO/c1-3-4-5-8-16(2)13(17)10-6-7-12(15)11(14)9-10/h6-7,9H,3-5,8H2,1-2H3. The Morgan fingerprint density at radius 2 is 2.12 bits per heavy atom. The van der Waals surface area contributed by atoms with Crippen LogP contribution in [0, 0.1) is 5.82 Å². The summed E-state index contributed by atoms with van der Waals surface area (Å²) in [5.41, 5.74) is 0.511. The third kappa shape index (κ3) is 4.11. The first-order chi connectivity index (χ1) is 8.06. The lowest BCUT2D eigenvalue weighted by molar-refractivity contribution is 0.0792. The monoisotopic (exact) mass is 301 g/mol. The zero-order valence-corrected chi connectivity index (χ0v) is 11.8. The second-order valence-electron chi connectivity index (χ2n) is 4.06. The SMILES string of the molecule is CCCCCN(C)C(=O)c1ccc(F)c(Br)c1. The van der Waals surface area contributed by atoms with Gasteiger partial charge in [0.05, 0.1) is 4.47 Å². The highest BCUT2D eigenvalue weighted by molar-refractivity contribution is 9.10. The van der Waals surface area contributed by atoms with Gasteiger partial charge >= 0.3 is 0 Å². The van der Waals surface area contributed by atoms with Crippen LogP contribution in [-0.2, 0) is 0 Å². The fourth-order valence-corrected chi connectivity index (χ4v) is 1.93. The van der Waals surface area contributed by atoms with Crippen LogP contribution in [0.5, 0.6) is 0 Å². The molecule has 0 fully saturated rings. The van der Waals surface area contributed by atoms with Gasteiger partial charge in [0.15, 0.2) is 0 Å². The Bertz CT molecular complexity index is 395. The topological polar surface area (TPSA) is 20.3 Å². The van der Waals surface area contributed by atoms with Gasteiger partial charge in [-0.1, -0.05) is 19.8 Å². The van der Waals surface area contributed by atoms with Crippen LogP contribution in [-0.4, -0.2) is 24.4 Å². The van der Waals surface area contributed by atoms with E-state index in [-0.39, 0.29) is 11.7 Å². The van der Waals surface area contributed by atoms with Crippen LogP contribution in [0.3, 0.4) is 0 Å². The maximum absolute atomic E-state index is 13.0. The van der Waals surface area contributed by atoms with Gasteiger partial charge < -0.3 is 4.90 Å². The molecule has 0 atom stereocenters. The van der Waals surface area contributed by atoms with E-state index in [1.165, 1.54) is 18.2 Å². The van der Waals surface area contributed by atoms with E-state index in [4.69, 9.17) is 0 Å². The summed E-state index contributed by atoms with van der Waals surface area (Å²) in [4.78, 5) is 13.7. The quantitative estimate of drug-likeness (QED) is 0.757. The van der Waals surface area contributed by atoms with E-state index in [0.29, 0.717) is 10.0 Å². The first-order valence-corrected chi connectivity index (χ1v) is 6.56. The summed E-state index contributed by atoms with van der Waals surface area (Å²) in [5.74, 6) is -0.419. The summed E-state index contributed by atoms with van der Waals surface area (Å²) in [6.07, 6.45) is 3.25. The van der Waals surface area contributed by atoms with Gasteiger partial charge in [0.25, 0.3) is 5.91 Å². The van der Waals surface area contributed by atoms with Crippen molar-refractivity contribution in [3.63, 3.8) is 0 Å². The molecule has 0 radical (unpaired) electrons. The lowest BCUT2D eigenvalue weighted by Crippen LogP contribution is -2.27. The minimum Gasteiger partial charge on any atom is -0.342 e. The van der Waals surface area contributed by atoms with E-state index < -0.39 is 0 Å². The maximum Gasteiger partial charge on any atom is 0.253 e. The van der Waals surface area contributed by atoms with Crippen molar-refractivity contribution in [3.05, 3.63) is 34.1 Å². The Morgan fingerprint density at radius 1 is 1.41 bits per heavy atom. The lowest BCUT2D eigenvalue weighted by Gasteiger charge is -2.17. The Kier molecular flexibility index (Phi) is 5.62. The molecule has 0 N–H and O–H groups in total. The zero-order valence-electron chi connectivity index (χ0n) is 10.2. The van der Waals surface area contributed by atoms with Gasteiger partial charge in [-0.3, -0.25) is 4.79 Å². The Hall–Kier alpha value is -0.900. The van der Waals surface area contributed by atoms with Crippen LogP contribution < -0.4 is 0 Å². The van der Waals surface area contributed by atoms with Crippen LogP contribution in [0.1, 0.15) is 36.5 Å². The van der Waals surface area contributed by atoms with Crippen molar-refractivity contribution >= 4 is 21.8 Å². The highest BCUT2D eigenvalue weighted by Gasteiger charge is 2.12. The van der Waals surface area contributed by atoms with Gasteiger partial charge in [-0.25, -0.2) is 4.39 Å². The Balaban J connectivity index is 2.65. The summed E-state index contributed by atoms with van der Waals surface area (Å²) in [6.45, 7) is 2.86. The maximum atomic E-state index is 13.0. The summed E-state index contributed by atoms with van der Waals surface area (Å²) < 4.78 is 13.4. The van der Waals surface area contributed by atoms with Gasteiger partial charge in [-0.2, -0.15) is 0 Å². The molecule has 0 unspecified atom stereocenters. The van der Waals surface area contributed by atoms with Crippen molar-refractivity contribution in [2.75, 3.05) is 13.6 Å². The molecular weight excluding hydrogens is 285 g/mol. The number of nitrogens with zero attached hydrogens (tertiary/aromatic N) is 1. The molecule has 1 aromatic carbocycles. The molecule has 0 saturated carbocycles. The number of carbonyl (C=O) groups is 1. The van der Waals surface area contributed by atoms with E-state index in [9.17, 15) is 9.18 Å². The van der Waals surface area contributed by atoms with Crippen molar-refractivity contribution in [1.82, 2.24) is 4.90 Å². The molecule has 4 heteroatoms. The molecule has 1 amide bonds. The van der Waals surface area contributed by atoms with Crippen molar-refractivity contribution in [2.24, 2.45) is 0 Å². The van der Waals surface area contributed by atoms with E-state index in [1.54, 1.807) is 11.9 Å². The predicted octanol–water partition coefficient (Wildman–Crippen LogP) is 3.85. The number of hydrogen-bond donors (Lipinski definition) is 0. The van der Waals surface area contributed by atoms with Crippen molar-refractivity contribution < 1.29 is 9.18 Å². The highest BCUT2D eigenvalue weighted by Crippen LogP contribution is 2.17. The number of carbonyl (C=O) groups excluding carboxylic acids is 1. The summed E-state index contributed by atoms with van der Waals surface area (Å²) in [6, 6.07) is 4.34. The van der Waals surface area contributed by atoms with Crippen molar-refractivity contribution in [2.45, 2.75) is 26.2 Å². The van der Waals surface area contributed by atoms with Gasteiger partial charge in [0.1, 0.15) is 5.82 Å². The minimum atomic E-state index is -0.352. The fourth-order valence-electron chi connectivity index (χ4n) is 1.55. The third-order valence-electron chi connectivity index (χ3n) is 2.61. The van der Waals surface area contributed by atoms with Crippen LogP contribution in [0.4, 0.5) is 4.39 Å². The molecule has 0 aromatic heterocycles. The molecule has 2 nitrogen and oxygen atoms in total. The minimum absolute atomic E-state index is 0.0678. The normalized spacial score (nSPS) is 10.4. The second kappa shape index (κ2) is 6.74. The number of rotatable bonds is 5. The van der Waals surface area contributed by atoms with E-state index in [2.05, 4.69) is 22.9 Å². The van der Waals surface area contributed by atoms with Crippen molar-refractivity contribution in [3.8, 4) is 0 Å². The number of amides is 1. The Labute approximate surface area is 110 Å². The number of halogens is 2. The van der Waals surface area contributed by atoms with Gasteiger partial charge in [0, 0.05) is 19.2 Å². The molecule has 0 saturated heterocycles. The largest absolute Gasteiger partial charge is 0.342 e. The lowest BCUT2D eigenvalue weighted by atomic mass is 10.2. The average molecular weight is 302 g/mol. The summed E-state index contributed by atoms with van der Waals surface area (Å²) in [7, 11) is 1.77. The first kappa shape index (κ1) is 14.2. The summed E-state index contributed by atoms with van der Waals surface area (Å²) >= 11 is 3.08. The molecule has 0 aliphatic carbocycles. The summed E-state index contributed by atoms with van der Waals surface area (Å²) in [5, 5.41) is 0. The zero-order chi connectivity index (χ0) is 12.8. The number of benzene rings is 1. The molecule has 17 heavy (non-hydrogen) atoms. The first-order valence-electron chi connectivity index (χ1n) is 5.76.